The molecule has 1 fully saturated rings. The van der Waals surface area contributed by atoms with Crippen molar-refractivity contribution in [2.75, 3.05) is 11.4 Å². The molecule has 0 spiro atoms. The lowest BCUT2D eigenvalue weighted by molar-refractivity contribution is -0.117. The largest absolute Gasteiger partial charge is 0.385 e. The van der Waals surface area contributed by atoms with E-state index in [0.29, 0.717) is 18.1 Å². The van der Waals surface area contributed by atoms with E-state index in [-0.39, 0.29) is 5.91 Å². The Hall–Kier alpha value is -3.58. The minimum Gasteiger partial charge on any atom is -0.385 e. The van der Waals surface area contributed by atoms with Gasteiger partial charge in [0.15, 0.2) is 11.6 Å². The van der Waals surface area contributed by atoms with Gasteiger partial charge in [0.1, 0.15) is 6.10 Å². The van der Waals surface area contributed by atoms with Crippen LogP contribution in [0.1, 0.15) is 31.7 Å². The number of carbonyl (C=O) groups is 1. The highest BCUT2D eigenvalue weighted by Gasteiger charge is 2.23. The molecule has 3 heterocycles. The molecular weight excluding hydrogens is 378 g/mol. The molecule has 1 unspecified atom stereocenters. The molecule has 2 aromatic carbocycles. The Morgan fingerprint density at radius 3 is 2.73 bits per heavy atom. The SMILES string of the molecule is CC(O)c1nc(-c2cccc(N3CCCC3=O)c2)n(-c2cccc3cccnc23)n1. The van der Waals surface area contributed by atoms with Gasteiger partial charge in [-0.05, 0) is 37.6 Å². The van der Waals surface area contributed by atoms with Crippen molar-refractivity contribution in [3.8, 4) is 17.1 Å². The molecule has 4 aromatic rings. The summed E-state index contributed by atoms with van der Waals surface area (Å²) in [5, 5.41) is 15.7. The first-order chi connectivity index (χ1) is 14.6. The van der Waals surface area contributed by atoms with E-state index in [2.05, 4.69) is 15.1 Å². The lowest BCUT2D eigenvalue weighted by atomic mass is 10.1. The van der Waals surface area contributed by atoms with Crippen molar-refractivity contribution in [1.82, 2.24) is 19.7 Å². The molecule has 150 valence electrons. The van der Waals surface area contributed by atoms with Crippen LogP contribution in [-0.4, -0.2) is 37.3 Å². The summed E-state index contributed by atoms with van der Waals surface area (Å²) < 4.78 is 1.72. The number of amides is 1. The molecule has 0 radical (unpaired) electrons. The standard InChI is InChI=1S/C23H21N5O2/c1-15(29)22-25-23(17-7-2-9-18(14-17)27-13-5-11-20(27)30)28(26-22)19-10-3-6-16-8-4-12-24-21(16)19/h2-4,6-10,12,14-15,29H,5,11,13H2,1H3. The first kappa shape index (κ1) is 18.4. The van der Waals surface area contributed by atoms with Crippen LogP contribution in [0.25, 0.3) is 28.0 Å². The number of aromatic nitrogens is 4. The summed E-state index contributed by atoms with van der Waals surface area (Å²) in [5.74, 6) is 1.06. The van der Waals surface area contributed by atoms with Crippen LogP contribution >= 0.6 is 0 Å². The third-order valence-corrected chi connectivity index (χ3v) is 5.33. The van der Waals surface area contributed by atoms with Gasteiger partial charge in [-0.15, -0.1) is 5.10 Å². The minimum absolute atomic E-state index is 0.136. The lowest BCUT2D eigenvalue weighted by Gasteiger charge is -2.16. The molecule has 0 aliphatic carbocycles. The van der Waals surface area contributed by atoms with Gasteiger partial charge in [-0.1, -0.05) is 30.3 Å². The zero-order valence-electron chi connectivity index (χ0n) is 16.6. The van der Waals surface area contributed by atoms with Gasteiger partial charge in [-0.3, -0.25) is 9.78 Å². The van der Waals surface area contributed by atoms with E-state index in [1.807, 2.05) is 54.6 Å². The van der Waals surface area contributed by atoms with Gasteiger partial charge in [0, 0.05) is 35.8 Å². The number of para-hydroxylation sites is 1. The van der Waals surface area contributed by atoms with Crippen LogP contribution in [0, 0.1) is 0 Å². The summed E-state index contributed by atoms with van der Waals surface area (Å²) in [6, 6.07) is 17.5. The molecule has 1 atom stereocenters. The Morgan fingerprint density at radius 2 is 1.93 bits per heavy atom. The molecule has 1 N–H and O–H groups in total. The molecule has 1 aliphatic heterocycles. The molecule has 2 aromatic heterocycles. The van der Waals surface area contributed by atoms with E-state index in [1.165, 1.54) is 0 Å². The van der Waals surface area contributed by atoms with Gasteiger partial charge in [-0.25, -0.2) is 9.67 Å². The number of hydrogen-bond donors (Lipinski definition) is 1. The van der Waals surface area contributed by atoms with Gasteiger partial charge in [0.05, 0.1) is 11.2 Å². The van der Waals surface area contributed by atoms with Crippen LogP contribution in [0.15, 0.2) is 60.8 Å². The van der Waals surface area contributed by atoms with Crippen molar-refractivity contribution >= 4 is 22.5 Å². The van der Waals surface area contributed by atoms with E-state index in [0.717, 1.165) is 40.8 Å². The molecule has 7 nitrogen and oxygen atoms in total. The summed E-state index contributed by atoms with van der Waals surface area (Å²) in [5.41, 5.74) is 3.25. The number of benzene rings is 2. The zero-order chi connectivity index (χ0) is 20.7. The van der Waals surface area contributed by atoms with Crippen LogP contribution < -0.4 is 4.90 Å². The topological polar surface area (TPSA) is 84.1 Å². The number of aliphatic hydroxyl groups is 1. The Labute approximate surface area is 173 Å². The molecule has 1 saturated heterocycles. The fourth-order valence-corrected chi connectivity index (χ4v) is 3.85. The molecule has 1 aliphatic rings. The van der Waals surface area contributed by atoms with E-state index >= 15 is 0 Å². The summed E-state index contributed by atoms with van der Waals surface area (Å²) in [4.78, 5) is 23.2. The van der Waals surface area contributed by atoms with E-state index < -0.39 is 6.10 Å². The number of hydrogen-bond acceptors (Lipinski definition) is 5. The van der Waals surface area contributed by atoms with Crippen LogP contribution in [0.2, 0.25) is 0 Å². The summed E-state index contributed by atoms with van der Waals surface area (Å²) in [6.45, 7) is 2.37. The maximum absolute atomic E-state index is 12.2. The van der Waals surface area contributed by atoms with Crippen molar-refractivity contribution in [3.63, 3.8) is 0 Å². The fraction of sp³-hybridized carbons (Fsp3) is 0.217. The number of anilines is 1. The fourth-order valence-electron chi connectivity index (χ4n) is 3.85. The number of rotatable bonds is 4. The van der Waals surface area contributed by atoms with Gasteiger partial charge in [0.25, 0.3) is 0 Å². The summed E-state index contributed by atoms with van der Waals surface area (Å²) >= 11 is 0. The molecule has 7 heteroatoms. The highest BCUT2D eigenvalue weighted by atomic mass is 16.3. The van der Waals surface area contributed by atoms with Crippen molar-refractivity contribution < 1.29 is 9.90 Å². The first-order valence-corrected chi connectivity index (χ1v) is 10.0. The number of pyridine rings is 1. The molecule has 5 rings (SSSR count). The lowest BCUT2D eigenvalue weighted by Crippen LogP contribution is -2.23. The zero-order valence-corrected chi connectivity index (χ0v) is 16.6. The molecule has 30 heavy (non-hydrogen) atoms. The first-order valence-electron chi connectivity index (χ1n) is 10.0. The maximum atomic E-state index is 12.2. The minimum atomic E-state index is -0.809. The monoisotopic (exact) mass is 399 g/mol. The van der Waals surface area contributed by atoms with Gasteiger partial charge in [0.2, 0.25) is 5.91 Å². The van der Waals surface area contributed by atoms with Crippen molar-refractivity contribution in [1.29, 1.82) is 0 Å². The molecular formula is C23H21N5O2. The quantitative estimate of drug-likeness (QED) is 0.566. The second-order valence-electron chi connectivity index (χ2n) is 7.43. The van der Waals surface area contributed by atoms with Crippen LogP contribution in [0.4, 0.5) is 5.69 Å². The van der Waals surface area contributed by atoms with Crippen molar-refractivity contribution in [2.24, 2.45) is 0 Å². The van der Waals surface area contributed by atoms with Crippen LogP contribution in [0.3, 0.4) is 0 Å². The second-order valence-corrected chi connectivity index (χ2v) is 7.43. The van der Waals surface area contributed by atoms with Crippen molar-refractivity contribution in [2.45, 2.75) is 25.9 Å². The summed E-state index contributed by atoms with van der Waals surface area (Å²) in [7, 11) is 0. The van der Waals surface area contributed by atoms with E-state index in [4.69, 9.17) is 0 Å². The third-order valence-electron chi connectivity index (χ3n) is 5.33. The predicted molar refractivity (Wildman–Crippen MR) is 114 cm³/mol. The van der Waals surface area contributed by atoms with Gasteiger partial charge in [-0.2, -0.15) is 0 Å². The Kier molecular flexibility index (Phi) is 4.52. The number of carbonyl (C=O) groups excluding carboxylic acids is 1. The Bertz CT molecular complexity index is 1240. The van der Waals surface area contributed by atoms with Gasteiger partial charge < -0.3 is 10.0 Å². The predicted octanol–water partition coefficient (Wildman–Crippen LogP) is 3.66. The molecule has 1 amide bonds. The van der Waals surface area contributed by atoms with Gasteiger partial charge >= 0.3 is 0 Å². The Balaban J connectivity index is 1.69. The highest BCUT2D eigenvalue weighted by molar-refractivity contribution is 5.96. The van der Waals surface area contributed by atoms with Crippen LogP contribution in [0.5, 0.6) is 0 Å². The maximum Gasteiger partial charge on any atom is 0.227 e. The average Bonchev–Trinajstić information content (AvgIpc) is 3.40. The normalized spacial score (nSPS) is 15.1. The number of nitrogens with zero attached hydrogens (tertiary/aromatic N) is 5. The summed E-state index contributed by atoms with van der Waals surface area (Å²) in [6.07, 6.45) is 2.38. The highest BCUT2D eigenvalue weighted by Crippen LogP contribution is 2.30. The smallest absolute Gasteiger partial charge is 0.227 e. The average molecular weight is 399 g/mol. The second kappa shape index (κ2) is 7.35. The van der Waals surface area contributed by atoms with Crippen molar-refractivity contribution in [3.05, 3.63) is 66.6 Å². The molecule has 0 saturated carbocycles. The van der Waals surface area contributed by atoms with E-state index in [9.17, 15) is 9.90 Å². The number of fused-ring (bicyclic) bond motifs is 1. The number of aliphatic hydroxyl groups excluding tert-OH is 1. The Morgan fingerprint density at radius 1 is 1.10 bits per heavy atom. The third kappa shape index (κ3) is 3.13. The van der Waals surface area contributed by atoms with Crippen LogP contribution in [-0.2, 0) is 4.79 Å². The molecule has 0 bridgehead atoms. The van der Waals surface area contributed by atoms with E-state index in [1.54, 1.807) is 22.7 Å².